The Morgan fingerprint density at radius 2 is 2.00 bits per heavy atom. The molecule has 0 saturated heterocycles. The van der Waals surface area contributed by atoms with Crippen LogP contribution in [0.1, 0.15) is 25.7 Å². The number of ether oxygens (including phenoxy) is 2. The third-order valence-electron chi connectivity index (χ3n) is 3.49. The van der Waals surface area contributed by atoms with Crippen molar-refractivity contribution in [2.24, 2.45) is 11.8 Å². The van der Waals surface area contributed by atoms with Crippen molar-refractivity contribution < 1.29 is 14.3 Å². The lowest BCUT2D eigenvalue weighted by Crippen LogP contribution is -2.36. The molecule has 0 bridgehead atoms. The second kappa shape index (κ2) is 9.75. The summed E-state index contributed by atoms with van der Waals surface area (Å²) in [6, 6.07) is 0. The van der Waals surface area contributed by atoms with Crippen LogP contribution in [0.15, 0.2) is 0 Å². The summed E-state index contributed by atoms with van der Waals surface area (Å²) in [5, 5.41) is 4.01. The molecule has 5 heteroatoms. The molecule has 1 aliphatic carbocycles. The highest BCUT2D eigenvalue weighted by atomic mass is 79.9. The second-order valence-corrected chi connectivity index (χ2v) is 5.46. The van der Waals surface area contributed by atoms with Crippen molar-refractivity contribution in [2.45, 2.75) is 25.7 Å². The SMILES string of the molecule is COCCOCC(=O)NCC1CCCCC1CBr. The monoisotopic (exact) mass is 321 g/mol. The summed E-state index contributed by atoms with van der Waals surface area (Å²) in [5.41, 5.74) is 0. The average molecular weight is 322 g/mol. The van der Waals surface area contributed by atoms with Gasteiger partial charge >= 0.3 is 0 Å². The summed E-state index contributed by atoms with van der Waals surface area (Å²) in [7, 11) is 1.62. The van der Waals surface area contributed by atoms with Crippen LogP contribution in [-0.4, -0.2) is 44.7 Å². The molecule has 2 unspecified atom stereocenters. The van der Waals surface area contributed by atoms with Gasteiger partial charge < -0.3 is 14.8 Å². The fourth-order valence-electron chi connectivity index (χ4n) is 2.36. The Morgan fingerprint density at radius 3 is 2.67 bits per heavy atom. The van der Waals surface area contributed by atoms with E-state index in [1.54, 1.807) is 7.11 Å². The lowest BCUT2D eigenvalue weighted by atomic mass is 9.80. The first-order valence-electron chi connectivity index (χ1n) is 6.67. The smallest absolute Gasteiger partial charge is 0.246 e. The van der Waals surface area contributed by atoms with Crippen LogP contribution < -0.4 is 5.32 Å². The highest BCUT2D eigenvalue weighted by Gasteiger charge is 2.24. The van der Waals surface area contributed by atoms with Crippen molar-refractivity contribution in [1.29, 1.82) is 0 Å². The minimum Gasteiger partial charge on any atom is -0.382 e. The molecule has 4 nitrogen and oxygen atoms in total. The normalized spacial score (nSPS) is 23.9. The van der Waals surface area contributed by atoms with E-state index in [0.29, 0.717) is 25.0 Å². The minimum absolute atomic E-state index is 0.0231. The molecule has 106 valence electrons. The van der Waals surface area contributed by atoms with Crippen LogP contribution in [-0.2, 0) is 14.3 Å². The molecule has 18 heavy (non-hydrogen) atoms. The molecule has 2 atom stereocenters. The molecule has 0 aromatic heterocycles. The standard InChI is InChI=1S/C13H24BrNO3/c1-17-6-7-18-10-13(16)15-9-12-5-3-2-4-11(12)8-14/h11-12H,2-10H2,1H3,(H,15,16). The number of amides is 1. The van der Waals surface area contributed by atoms with Gasteiger partial charge in [-0.15, -0.1) is 0 Å². The fourth-order valence-corrected chi connectivity index (χ4v) is 3.21. The van der Waals surface area contributed by atoms with Gasteiger partial charge in [0.25, 0.3) is 0 Å². The quantitative estimate of drug-likeness (QED) is 0.549. The molecule has 0 heterocycles. The Bertz CT molecular complexity index is 238. The molecule has 1 amide bonds. The number of rotatable bonds is 8. The van der Waals surface area contributed by atoms with Gasteiger partial charge in [-0.05, 0) is 24.7 Å². The lowest BCUT2D eigenvalue weighted by molar-refractivity contribution is -0.126. The zero-order valence-electron chi connectivity index (χ0n) is 11.1. The molecule has 1 rings (SSSR count). The van der Waals surface area contributed by atoms with Gasteiger partial charge in [0, 0.05) is 19.0 Å². The molecule has 0 spiro atoms. The second-order valence-electron chi connectivity index (χ2n) is 4.81. The van der Waals surface area contributed by atoms with E-state index in [1.165, 1.54) is 25.7 Å². The van der Waals surface area contributed by atoms with Crippen LogP contribution in [0.25, 0.3) is 0 Å². The Kier molecular flexibility index (Phi) is 8.63. The lowest BCUT2D eigenvalue weighted by Gasteiger charge is -2.30. The van der Waals surface area contributed by atoms with Gasteiger partial charge in [0.15, 0.2) is 0 Å². The number of hydrogen-bond acceptors (Lipinski definition) is 3. The largest absolute Gasteiger partial charge is 0.382 e. The van der Waals surface area contributed by atoms with Gasteiger partial charge in [0.05, 0.1) is 13.2 Å². The molecule has 0 aromatic carbocycles. The van der Waals surface area contributed by atoms with Gasteiger partial charge in [0.2, 0.25) is 5.91 Å². The van der Waals surface area contributed by atoms with Gasteiger partial charge in [0.1, 0.15) is 6.61 Å². The van der Waals surface area contributed by atoms with Crippen LogP contribution in [0, 0.1) is 11.8 Å². The number of carbonyl (C=O) groups excluding carboxylic acids is 1. The predicted molar refractivity (Wildman–Crippen MR) is 74.9 cm³/mol. The number of hydrogen-bond donors (Lipinski definition) is 1. The first-order valence-corrected chi connectivity index (χ1v) is 7.79. The highest BCUT2D eigenvalue weighted by molar-refractivity contribution is 9.09. The molecule has 1 aliphatic rings. The Labute approximate surface area is 118 Å². The van der Waals surface area contributed by atoms with E-state index in [0.717, 1.165) is 11.9 Å². The summed E-state index contributed by atoms with van der Waals surface area (Å²) in [6.45, 7) is 1.91. The van der Waals surface area contributed by atoms with Crippen molar-refractivity contribution in [3.63, 3.8) is 0 Å². The number of nitrogens with one attached hydrogen (secondary N) is 1. The Morgan fingerprint density at radius 1 is 1.28 bits per heavy atom. The van der Waals surface area contributed by atoms with Crippen molar-refractivity contribution in [3.05, 3.63) is 0 Å². The van der Waals surface area contributed by atoms with E-state index in [4.69, 9.17) is 9.47 Å². The van der Waals surface area contributed by atoms with Crippen molar-refractivity contribution in [1.82, 2.24) is 5.32 Å². The van der Waals surface area contributed by atoms with Gasteiger partial charge in [-0.1, -0.05) is 28.8 Å². The summed E-state index contributed by atoms with van der Waals surface area (Å²) >= 11 is 3.57. The summed E-state index contributed by atoms with van der Waals surface area (Å²) in [6.07, 6.45) is 5.10. The fraction of sp³-hybridized carbons (Fsp3) is 0.923. The number of carbonyl (C=O) groups is 1. The molecular weight excluding hydrogens is 298 g/mol. The zero-order chi connectivity index (χ0) is 13.2. The third-order valence-corrected chi connectivity index (χ3v) is 4.32. The molecule has 1 N–H and O–H groups in total. The summed E-state index contributed by atoms with van der Waals surface area (Å²) < 4.78 is 10.0. The van der Waals surface area contributed by atoms with E-state index in [2.05, 4.69) is 21.2 Å². The Hall–Kier alpha value is -0.130. The third kappa shape index (κ3) is 6.16. The van der Waals surface area contributed by atoms with Gasteiger partial charge in [-0.25, -0.2) is 0 Å². The van der Waals surface area contributed by atoms with Gasteiger partial charge in [-0.2, -0.15) is 0 Å². The topological polar surface area (TPSA) is 47.6 Å². The first-order chi connectivity index (χ1) is 8.77. The van der Waals surface area contributed by atoms with Crippen molar-refractivity contribution >= 4 is 21.8 Å². The van der Waals surface area contributed by atoms with Crippen LogP contribution >= 0.6 is 15.9 Å². The zero-order valence-corrected chi connectivity index (χ0v) is 12.7. The van der Waals surface area contributed by atoms with E-state index in [1.807, 2.05) is 0 Å². The van der Waals surface area contributed by atoms with E-state index >= 15 is 0 Å². The average Bonchev–Trinajstić information content (AvgIpc) is 2.41. The van der Waals surface area contributed by atoms with E-state index in [-0.39, 0.29) is 12.5 Å². The highest BCUT2D eigenvalue weighted by Crippen LogP contribution is 2.30. The number of alkyl halides is 1. The maximum Gasteiger partial charge on any atom is 0.246 e. The molecule has 1 fully saturated rings. The summed E-state index contributed by atoms with van der Waals surface area (Å²) in [4.78, 5) is 11.6. The van der Waals surface area contributed by atoms with Gasteiger partial charge in [-0.3, -0.25) is 4.79 Å². The molecule has 0 aliphatic heterocycles. The first kappa shape index (κ1) is 15.9. The maximum atomic E-state index is 11.6. The van der Waals surface area contributed by atoms with E-state index in [9.17, 15) is 4.79 Å². The summed E-state index contributed by atoms with van der Waals surface area (Å²) in [5.74, 6) is 1.29. The van der Waals surface area contributed by atoms with Crippen molar-refractivity contribution in [2.75, 3.05) is 38.8 Å². The molecule has 0 radical (unpaired) electrons. The molecular formula is C13H24BrNO3. The van der Waals surface area contributed by atoms with Crippen LogP contribution in [0.2, 0.25) is 0 Å². The van der Waals surface area contributed by atoms with Crippen molar-refractivity contribution in [3.8, 4) is 0 Å². The van der Waals surface area contributed by atoms with Crippen LogP contribution in [0.5, 0.6) is 0 Å². The predicted octanol–water partition coefficient (Wildman–Crippen LogP) is 1.97. The molecule has 0 aromatic rings. The molecule has 1 saturated carbocycles. The number of methoxy groups -OCH3 is 1. The van der Waals surface area contributed by atoms with E-state index < -0.39 is 0 Å². The van der Waals surface area contributed by atoms with Crippen LogP contribution in [0.3, 0.4) is 0 Å². The Balaban J connectivity index is 2.12. The van der Waals surface area contributed by atoms with Crippen LogP contribution in [0.4, 0.5) is 0 Å². The minimum atomic E-state index is -0.0231. The number of halogens is 1. The maximum absolute atomic E-state index is 11.6.